The van der Waals surface area contributed by atoms with E-state index in [4.69, 9.17) is 17.0 Å². The predicted molar refractivity (Wildman–Crippen MR) is 109 cm³/mol. The van der Waals surface area contributed by atoms with Gasteiger partial charge in [-0.3, -0.25) is 0 Å². The molecule has 0 aromatic heterocycles. The largest absolute Gasteiger partial charge is 0.494 e. The molecule has 0 fully saturated rings. The van der Waals surface area contributed by atoms with E-state index in [0.717, 1.165) is 22.4 Å². The van der Waals surface area contributed by atoms with E-state index in [1.54, 1.807) is 0 Å². The predicted octanol–water partition coefficient (Wildman–Crippen LogP) is 5.29. The molecule has 0 saturated heterocycles. The van der Waals surface area contributed by atoms with E-state index in [1.807, 2.05) is 43.3 Å². The van der Waals surface area contributed by atoms with E-state index in [0.29, 0.717) is 11.7 Å². The second-order valence-electron chi connectivity index (χ2n) is 5.85. The van der Waals surface area contributed by atoms with Crippen molar-refractivity contribution in [2.24, 2.45) is 0 Å². The minimum absolute atomic E-state index is 0.102. The molecular weight excluding hydrogens is 328 g/mol. The number of anilines is 1. The Morgan fingerprint density at radius 2 is 1.72 bits per heavy atom. The fourth-order valence-corrected chi connectivity index (χ4v) is 3.08. The molecule has 0 radical (unpaired) electrons. The van der Waals surface area contributed by atoms with Gasteiger partial charge in [-0.15, -0.1) is 0 Å². The van der Waals surface area contributed by atoms with Gasteiger partial charge in [0.05, 0.1) is 12.6 Å². The summed E-state index contributed by atoms with van der Waals surface area (Å²) in [7, 11) is 0. The molecule has 1 unspecified atom stereocenters. The van der Waals surface area contributed by atoms with Gasteiger partial charge in [0.2, 0.25) is 0 Å². The second kappa shape index (κ2) is 7.99. The Morgan fingerprint density at radius 1 is 1.00 bits per heavy atom. The molecule has 2 N–H and O–H groups in total. The van der Waals surface area contributed by atoms with E-state index in [9.17, 15) is 0 Å². The number of fused-ring (bicyclic) bond motifs is 1. The standard InChI is InChI=1S/C21H22N2OS/c1-3-24-18-13-11-16(12-14-18)15(2)22-21(25)23-20-10-6-8-17-7-4-5-9-19(17)20/h4-15H,3H2,1-2H3,(H2,22,23,25). The van der Waals surface area contributed by atoms with Crippen LogP contribution in [0.2, 0.25) is 0 Å². The Kier molecular flexibility index (Phi) is 5.51. The Morgan fingerprint density at radius 3 is 2.48 bits per heavy atom. The summed E-state index contributed by atoms with van der Waals surface area (Å²) in [6.45, 7) is 4.74. The van der Waals surface area contributed by atoms with Crippen LogP contribution in [-0.4, -0.2) is 11.7 Å². The molecule has 3 nitrogen and oxygen atoms in total. The van der Waals surface area contributed by atoms with Gasteiger partial charge >= 0.3 is 0 Å². The smallest absolute Gasteiger partial charge is 0.171 e. The van der Waals surface area contributed by atoms with Crippen molar-refractivity contribution in [1.82, 2.24) is 5.32 Å². The normalized spacial score (nSPS) is 11.8. The van der Waals surface area contributed by atoms with Gasteiger partial charge in [0.1, 0.15) is 5.75 Å². The van der Waals surface area contributed by atoms with Crippen molar-refractivity contribution in [2.75, 3.05) is 11.9 Å². The van der Waals surface area contributed by atoms with Crippen LogP contribution in [0.5, 0.6) is 5.75 Å². The van der Waals surface area contributed by atoms with Gasteiger partial charge in [-0.05, 0) is 55.2 Å². The Labute approximate surface area is 154 Å². The minimum Gasteiger partial charge on any atom is -0.494 e. The lowest BCUT2D eigenvalue weighted by atomic mass is 10.1. The first-order valence-corrected chi connectivity index (χ1v) is 8.86. The first kappa shape index (κ1) is 17.2. The average Bonchev–Trinajstić information content (AvgIpc) is 2.63. The Bertz CT molecular complexity index is 856. The number of rotatable bonds is 5. The zero-order valence-electron chi connectivity index (χ0n) is 14.5. The van der Waals surface area contributed by atoms with Crippen molar-refractivity contribution < 1.29 is 4.74 Å². The molecule has 128 valence electrons. The van der Waals surface area contributed by atoms with E-state index in [1.165, 1.54) is 5.39 Å². The van der Waals surface area contributed by atoms with Crippen LogP contribution in [0.4, 0.5) is 5.69 Å². The fourth-order valence-electron chi connectivity index (χ4n) is 2.79. The minimum atomic E-state index is 0.102. The lowest BCUT2D eigenvalue weighted by molar-refractivity contribution is 0.340. The summed E-state index contributed by atoms with van der Waals surface area (Å²) in [4.78, 5) is 0. The van der Waals surface area contributed by atoms with Gasteiger partial charge in [-0.25, -0.2) is 0 Å². The molecule has 3 aromatic rings. The number of ether oxygens (including phenoxy) is 1. The third kappa shape index (κ3) is 4.28. The molecule has 0 spiro atoms. The molecule has 25 heavy (non-hydrogen) atoms. The molecule has 0 bridgehead atoms. The lowest BCUT2D eigenvalue weighted by Crippen LogP contribution is -2.30. The third-order valence-corrected chi connectivity index (χ3v) is 4.30. The van der Waals surface area contributed by atoms with Crippen LogP contribution in [0.15, 0.2) is 66.7 Å². The van der Waals surface area contributed by atoms with Crippen LogP contribution in [-0.2, 0) is 0 Å². The van der Waals surface area contributed by atoms with Crippen molar-refractivity contribution in [1.29, 1.82) is 0 Å². The van der Waals surface area contributed by atoms with Gasteiger partial charge in [-0.1, -0.05) is 48.5 Å². The molecule has 0 aliphatic carbocycles. The average molecular weight is 350 g/mol. The highest BCUT2D eigenvalue weighted by Gasteiger charge is 2.08. The van der Waals surface area contributed by atoms with Gasteiger partial charge in [0.15, 0.2) is 5.11 Å². The maximum absolute atomic E-state index is 5.50. The summed E-state index contributed by atoms with van der Waals surface area (Å²) in [5, 5.41) is 9.61. The molecule has 4 heteroatoms. The molecular formula is C21H22N2OS. The molecule has 3 aromatic carbocycles. The zero-order chi connectivity index (χ0) is 17.6. The van der Waals surface area contributed by atoms with Crippen molar-refractivity contribution in [3.63, 3.8) is 0 Å². The van der Waals surface area contributed by atoms with Gasteiger partial charge < -0.3 is 15.4 Å². The first-order chi connectivity index (χ1) is 12.2. The van der Waals surface area contributed by atoms with Crippen LogP contribution >= 0.6 is 12.2 Å². The summed E-state index contributed by atoms with van der Waals surface area (Å²) < 4.78 is 5.48. The van der Waals surface area contributed by atoms with E-state index in [-0.39, 0.29) is 6.04 Å². The highest BCUT2D eigenvalue weighted by Crippen LogP contribution is 2.23. The zero-order valence-corrected chi connectivity index (χ0v) is 15.3. The topological polar surface area (TPSA) is 33.3 Å². The summed E-state index contributed by atoms with van der Waals surface area (Å²) in [5.41, 5.74) is 2.17. The lowest BCUT2D eigenvalue weighted by Gasteiger charge is -2.18. The summed E-state index contributed by atoms with van der Waals surface area (Å²) in [6.07, 6.45) is 0. The Balaban J connectivity index is 1.67. The van der Waals surface area contributed by atoms with E-state index < -0.39 is 0 Å². The molecule has 1 atom stereocenters. The van der Waals surface area contributed by atoms with Gasteiger partial charge in [0, 0.05) is 11.1 Å². The number of hydrogen-bond acceptors (Lipinski definition) is 2. The number of nitrogens with one attached hydrogen (secondary N) is 2. The molecule has 0 aliphatic rings. The summed E-state index contributed by atoms with van der Waals surface area (Å²) in [6, 6.07) is 22.6. The van der Waals surface area contributed by atoms with Crippen LogP contribution < -0.4 is 15.4 Å². The SMILES string of the molecule is CCOc1ccc(C(C)NC(=S)Nc2cccc3ccccc23)cc1. The highest BCUT2D eigenvalue weighted by molar-refractivity contribution is 7.80. The van der Waals surface area contributed by atoms with Crippen molar-refractivity contribution in [2.45, 2.75) is 19.9 Å². The van der Waals surface area contributed by atoms with Crippen LogP contribution in [0.25, 0.3) is 10.8 Å². The quantitative estimate of drug-likeness (QED) is 0.613. The first-order valence-electron chi connectivity index (χ1n) is 8.45. The highest BCUT2D eigenvalue weighted by atomic mass is 32.1. The second-order valence-corrected chi connectivity index (χ2v) is 6.26. The van der Waals surface area contributed by atoms with Gasteiger partial charge in [-0.2, -0.15) is 0 Å². The number of benzene rings is 3. The van der Waals surface area contributed by atoms with Crippen molar-refractivity contribution in [3.8, 4) is 5.75 Å². The number of thiocarbonyl (C=S) groups is 1. The Hall–Kier alpha value is -2.59. The molecule has 0 heterocycles. The maximum Gasteiger partial charge on any atom is 0.171 e. The summed E-state index contributed by atoms with van der Waals surface area (Å²) in [5.74, 6) is 0.884. The molecule has 0 saturated carbocycles. The van der Waals surface area contributed by atoms with Crippen molar-refractivity contribution >= 4 is 33.8 Å². The number of hydrogen-bond donors (Lipinski definition) is 2. The monoisotopic (exact) mass is 350 g/mol. The fraction of sp³-hybridized carbons (Fsp3) is 0.190. The van der Waals surface area contributed by atoms with Crippen LogP contribution in [0.3, 0.4) is 0 Å². The molecule has 0 aliphatic heterocycles. The summed E-state index contributed by atoms with van der Waals surface area (Å²) >= 11 is 5.50. The van der Waals surface area contributed by atoms with Crippen LogP contribution in [0, 0.1) is 0 Å². The maximum atomic E-state index is 5.50. The van der Waals surface area contributed by atoms with E-state index >= 15 is 0 Å². The van der Waals surface area contributed by atoms with E-state index in [2.05, 4.69) is 47.9 Å². The van der Waals surface area contributed by atoms with Gasteiger partial charge in [0.25, 0.3) is 0 Å². The van der Waals surface area contributed by atoms with Crippen molar-refractivity contribution in [3.05, 3.63) is 72.3 Å². The van der Waals surface area contributed by atoms with Crippen LogP contribution in [0.1, 0.15) is 25.5 Å². The molecule has 0 amide bonds. The third-order valence-electron chi connectivity index (χ3n) is 4.08. The molecule has 3 rings (SSSR count).